The van der Waals surface area contributed by atoms with Gasteiger partial charge in [-0.2, -0.15) is 13.2 Å². The molecule has 1 aliphatic rings. The number of rotatable bonds is 3. The second kappa shape index (κ2) is 7.26. The first-order valence-electron chi connectivity index (χ1n) is 7.78. The van der Waals surface area contributed by atoms with Crippen molar-refractivity contribution < 1.29 is 27.9 Å². The molecule has 1 aromatic carbocycles. The number of carbonyl (C=O) groups is 2. The lowest BCUT2D eigenvalue weighted by Crippen LogP contribution is -2.46. The topological polar surface area (TPSA) is 69.6 Å². The Balaban J connectivity index is 2.12. The van der Waals surface area contributed by atoms with Gasteiger partial charge in [-0.05, 0) is 37.1 Å². The first-order valence-corrected chi connectivity index (χ1v) is 7.78. The second-order valence-electron chi connectivity index (χ2n) is 5.95. The Hall–Kier alpha value is -2.35. The van der Waals surface area contributed by atoms with Crippen molar-refractivity contribution in [3.8, 4) is 0 Å². The van der Waals surface area contributed by atoms with E-state index in [9.17, 15) is 27.9 Å². The normalized spacial score (nSPS) is 21.4. The molecule has 1 aromatic rings. The van der Waals surface area contributed by atoms with Gasteiger partial charge in [0, 0.05) is 30.8 Å². The molecule has 0 bridgehead atoms. The third-order valence-corrected chi connectivity index (χ3v) is 4.19. The van der Waals surface area contributed by atoms with Crippen LogP contribution in [0.2, 0.25) is 0 Å². The van der Waals surface area contributed by atoms with E-state index in [1.807, 2.05) is 0 Å². The molecular weight excluding hydrogens is 337 g/mol. The Bertz CT molecular complexity index is 675. The SMILES string of the molecule is C=CC(=O)Nc1cccc(C(=O)N2CCCC(O)(C(F)(F)F)CC2)c1. The minimum Gasteiger partial charge on any atom is -0.380 e. The average molecular weight is 356 g/mol. The highest BCUT2D eigenvalue weighted by Gasteiger charge is 2.53. The van der Waals surface area contributed by atoms with Crippen LogP contribution in [0.15, 0.2) is 36.9 Å². The van der Waals surface area contributed by atoms with E-state index in [4.69, 9.17) is 0 Å². The maximum atomic E-state index is 13.0. The Labute approximate surface area is 143 Å². The fourth-order valence-electron chi connectivity index (χ4n) is 2.71. The van der Waals surface area contributed by atoms with Gasteiger partial charge in [0.2, 0.25) is 5.91 Å². The first kappa shape index (κ1) is 19.0. The van der Waals surface area contributed by atoms with Gasteiger partial charge in [0.15, 0.2) is 5.60 Å². The van der Waals surface area contributed by atoms with Crippen molar-refractivity contribution in [1.82, 2.24) is 4.90 Å². The Morgan fingerprint density at radius 3 is 2.64 bits per heavy atom. The molecule has 2 N–H and O–H groups in total. The lowest BCUT2D eigenvalue weighted by molar-refractivity contribution is -0.263. The van der Waals surface area contributed by atoms with Crippen molar-refractivity contribution in [3.63, 3.8) is 0 Å². The van der Waals surface area contributed by atoms with Crippen molar-refractivity contribution in [1.29, 1.82) is 0 Å². The number of carbonyl (C=O) groups excluding carboxylic acids is 2. The molecule has 25 heavy (non-hydrogen) atoms. The predicted molar refractivity (Wildman–Crippen MR) is 86.0 cm³/mol. The number of hydrogen-bond donors (Lipinski definition) is 2. The number of alkyl halides is 3. The van der Waals surface area contributed by atoms with E-state index in [0.717, 1.165) is 6.08 Å². The number of nitrogens with one attached hydrogen (secondary N) is 1. The van der Waals surface area contributed by atoms with E-state index >= 15 is 0 Å². The predicted octanol–water partition coefficient (Wildman–Crippen LogP) is 2.73. The molecule has 1 heterocycles. The Morgan fingerprint density at radius 1 is 1.28 bits per heavy atom. The Morgan fingerprint density at radius 2 is 2.00 bits per heavy atom. The summed E-state index contributed by atoms with van der Waals surface area (Å²) < 4.78 is 38.9. The van der Waals surface area contributed by atoms with Gasteiger partial charge in [0.1, 0.15) is 0 Å². The number of hydrogen-bond acceptors (Lipinski definition) is 3. The summed E-state index contributed by atoms with van der Waals surface area (Å²) in [6.45, 7) is 3.26. The minimum atomic E-state index is -4.72. The van der Waals surface area contributed by atoms with Gasteiger partial charge >= 0.3 is 6.18 Å². The van der Waals surface area contributed by atoms with Crippen LogP contribution in [0.5, 0.6) is 0 Å². The number of likely N-dealkylation sites (tertiary alicyclic amines) is 1. The van der Waals surface area contributed by atoms with Gasteiger partial charge in [-0.25, -0.2) is 0 Å². The minimum absolute atomic E-state index is 0.0502. The van der Waals surface area contributed by atoms with Crippen LogP contribution in [-0.4, -0.2) is 46.7 Å². The van der Waals surface area contributed by atoms with Crippen LogP contribution in [0.25, 0.3) is 0 Å². The van der Waals surface area contributed by atoms with Crippen molar-refractivity contribution in [2.24, 2.45) is 0 Å². The first-order chi connectivity index (χ1) is 11.7. The lowest BCUT2D eigenvalue weighted by atomic mass is 9.94. The highest BCUT2D eigenvalue weighted by molar-refractivity contribution is 6.00. The van der Waals surface area contributed by atoms with E-state index < -0.39 is 36.4 Å². The number of aliphatic hydroxyl groups is 1. The standard InChI is InChI=1S/C17H19F3N2O3/c1-2-14(23)21-13-6-3-5-12(11-13)15(24)22-9-4-7-16(25,8-10-22)17(18,19)20/h2-3,5-6,11,25H,1,4,7-10H2,(H,21,23). The summed E-state index contributed by atoms with van der Waals surface area (Å²) in [6.07, 6.45) is -4.58. The number of benzene rings is 1. The van der Waals surface area contributed by atoms with Gasteiger partial charge in [-0.1, -0.05) is 12.6 Å². The number of halogens is 3. The summed E-state index contributed by atoms with van der Waals surface area (Å²) in [5.74, 6) is -0.879. The molecule has 1 fully saturated rings. The molecule has 1 atom stereocenters. The highest BCUT2D eigenvalue weighted by atomic mass is 19.4. The molecular formula is C17H19F3N2O3. The second-order valence-corrected chi connectivity index (χ2v) is 5.95. The van der Waals surface area contributed by atoms with E-state index in [0.29, 0.717) is 5.69 Å². The molecule has 2 rings (SSSR count). The van der Waals surface area contributed by atoms with Gasteiger partial charge in [-0.15, -0.1) is 0 Å². The van der Waals surface area contributed by atoms with Crippen LogP contribution in [0.4, 0.5) is 18.9 Å². The van der Waals surface area contributed by atoms with Crippen LogP contribution >= 0.6 is 0 Å². The molecule has 8 heteroatoms. The van der Waals surface area contributed by atoms with Crippen LogP contribution in [-0.2, 0) is 4.79 Å². The van der Waals surface area contributed by atoms with Crippen LogP contribution in [0.3, 0.4) is 0 Å². The average Bonchev–Trinajstić information content (AvgIpc) is 2.76. The van der Waals surface area contributed by atoms with Crippen LogP contribution in [0, 0.1) is 0 Å². The molecule has 2 amide bonds. The molecule has 0 radical (unpaired) electrons. The fourth-order valence-corrected chi connectivity index (χ4v) is 2.71. The molecule has 0 saturated carbocycles. The molecule has 0 aliphatic carbocycles. The quantitative estimate of drug-likeness (QED) is 0.818. The zero-order valence-electron chi connectivity index (χ0n) is 13.5. The van der Waals surface area contributed by atoms with E-state index in [1.54, 1.807) is 12.1 Å². The number of amides is 2. The monoisotopic (exact) mass is 356 g/mol. The number of anilines is 1. The third-order valence-electron chi connectivity index (χ3n) is 4.19. The third kappa shape index (κ3) is 4.39. The number of nitrogens with zero attached hydrogens (tertiary/aromatic N) is 1. The maximum absolute atomic E-state index is 13.0. The summed E-state index contributed by atoms with van der Waals surface area (Å²) in [7, 11) is 0. The van der Waals surface area contributed by atoms with Crippen LogP contribution in [0.1, 0.15) is 29.6 Å². The van der Waals surface area contributed by atoms with Crippen molar-refractivity contribution >= 4 is 17.5 Å². The smallest absolute Gasteiger partial charge is 0.380 e. The van der Waals surface area contributed by atoms with Gasteiger partial charge in [0.25, 0.3) is 5.91 Å². The molecule has 1 aliphatic heterocycles. The van der Waals surface area contributed by atoms with Crippen LogP contribution < -0.4 is 5.32 Å². The molecule has 5 nitrogen and oxygen atoms in total. The summed E-state index contributed by atoms with van der Waals surface area (Å²) in [5.41, 5.74) is -2.13. The van der Waals surface area contributed by atoms with Gasteiger partial charge < -0.3 is 15.3 Å². The summed E-state index contributed by atoms with van der Waals surface area (Å²) >= 11 is 0. The van der Waals surface area contributed by atoms with Gasteiger partial charge in [0.05, 0.1) is 0 Å². The maximum Gasteiger partial charge on any atom is 0.417 e. The van der Waals surface area contributed by atoms with Crippen molar-refractivity contribution in [2.45, 2.75) is 31.0 Å². The molecule has 0 spiro atoms. The summed E-state index contributed by atoms with van der Waals surface area (Å²) in [4.78, 5) is 25.2. The largest absolute Gasteiger partial charge is 0.417 e. The molecule has 1 unspecified atom stereocenters. The molecule has 1 saturated heterocycles. The fraction of sp³-hybridized carbons (Fsp3) is 0.412. The molecule has 0 aromatic heterocycles. The van der Waals surface area contributed by atoms with Gasteiger partial charge in [-0.3, -0.25) is 9.59 Å². The summed E-state index contributed by atoms with van der Waals surface area (Å²) in [6, 6.07) is 6.12. The molecule has 136 valence electrons. The van der Waals surface area contributed by atoms with E-state index in [-0.39, 0.29) is 25.1 Å². The Kier molecular flexibility index (Phi) is 5.52. The highest BCUT2D eigenvalue weighted by Crippen LogP contribution is 2.38. The zero-order valence-corrected chi connectivity index (χ0v) is 13.5. The zero-order chi connectivity index (χ0) is 18.7. The lowest BCUT2D eigenvalue weighted by Gasteiger charge is -2.29. The van der Waals surface area contributed by atoms with E-state index in [1.165, 1.54) is 17.0 Å². The van der Waals surface area contributed by atoms with E-state index in [2.05, 4.69) is 11.9 Å². The van der Waals surface area contributed by atoms with Crippen molar-refractivity contribution in [3.05, 3.63) is 42.5 Å². The summed E-state index contributed by atoms with van der Waals surface area (Å²) in [5, 5.41) is 12.3. The van der Waals surface area contributed by atoms with Crippen molar-refractivity contribution in [2.75, 3.05) is 18.4 Å².